The van der Waals surface area contributed by atoms with Gasteiger partial charge in [0.15, 0.2) is 0 Å². The van der Waals surface area contributed by atoms with Gasteiger partial charge in [-0.05, 0) is 67.8 Å². The number of hydrogen-bond donors (Lipinski definition) is 0. The van der Waals surface area contributed by atoms with E-state index in [1.807, 2.05) is 20.8 Å². The highest BCUT2D eigenvalue weighted by atomic mass is 35.5. The lowest BCUT2D eigenvalue weighted by atomic mass is 10.2. The average molecular weight is 387 g/mol. The van der Waals surface area contributed by atoms with Crippen molar-refractivity contribution in [3.8, 4) is 11.5 Å². The Labute approximate surface area is 153 Å². The van der Waals surface area contributed by atoms with Crippen LogP contribution in [-0.4, -0.2) is 6.16 Å². The maximum absolute atomic E-state index is 13.2. The average Bonchev–Trinajstić information content (AvgIpc) is 2.53. The molecule has 2 aromatic carbocycles. The molecule has 0 N–H and O–H groups in total. The molecule has 0 fully saturated rings. The van der Waals surface area contributed by atoms with E-state index in [1.54, 1.807) is 36.4 Å². The lowest BCUT2D eigenvalue weighted by Gasteiger charge is -2.20. The summed E-state index contributed by atoms with van der Waals surface area (Å²) in [6.07, 6.45) is 1.99. The summed E-state index contributed by atoms with van der Waals surface area (Å²) in [6, 6.07) is 10.4. The van der Waals surface area contributed by atoms with Gasteiger partial charge in [0.1, 0.15) is 11.5 Å². The lowest BCUT2D eigenvalue weighted by molar-refractivity contribution is 0.384. The topological polar surface area (TPSA) is 35.5 Å². The number of rotatable bonds is 7. The fourth-order valence-electron chi connectivity index (χ4n) is 2.13. The van der Waals surface area contributed by atoms with Crippen molar-refractivity contribution < 1.29 is 13.6 Å². The standard InChI is InChI=1S/C18H21Cl2O3P/c1-4-5-10-24(21,22-15-6-8-17(19)13(2)11-15)23-16-7-9-18(20)14(3)12-16/h6-9,11-12H,4-5,10H2,1-3H3. The molecule has 0 saturated carbocycles. The molecule has 0 radical (unpaired) electrons. The van der Waals surface area contributed by atoms with Gasteiger partial charge >= 0.3 is 7.60 Å². The minimum Gasteiger partial charge on any atom is -0.416 e. The quantitative estimate of drug-likeness (QED) is 0.477. The van der Waals surface area contributed by atoms with Crippen molar-refractivity contribution in [1.82, 2.24) is 0 Å². The Morgan fingerprint density at radius 1 is 0.917 bits per heavy atom. The van der Waals surface area contributed by atoms with Crippen LogP contribution in [0.3, 0.4) is 0 Å². The first-order valence-electron chi connectivity index (χ1n) is 7.83. The van der Waals surface area contributed by atoms with Gasteiger partial charge in [0.25, 0.3) is 0 Å². The third kappa shape index (κ3) is 5.17. The van der Waals surface area contributed by atoms with Crippen LogP contribution in [0, 0.1) is 13.8 Å². The Bertz CT molecular complexity index is 704. The molecule has 2 rings (SSSR count). The third-order valence-corrected chi connectivity index (χ3v) is 6.22. The number of halogens is 2. The molecule has 0 amide bonds. The van der Waals surface area contributed by atoms with Gasteiger partial charge in [-0.2, -0.15) is 0 Å². The van der Waals surface area contributed by atoms with Crippen molar-refractivity contribution in [2.24, 2.45) is 0 Å². The molecule has 6 heteroatoms. The lowest BCUT2D eigenvalue weighted by Crippen LogP contribution is -2.05. The maximum atomic E-state index is 13.2. The molecule has 0 atom stereocenters. The van der Waals surface area contributed by atoms with Crippen LogP contribution in [0.2, 0.25) is 10.0 Å². The third-order valence-electron chi connectivity index (χ3n) is 3.53. The predicted octanol–water partition coefficient (Wildman–Crippen LogP) is 7.06. The first-order valence-corrected chi connectivity index (χ1v) is 10.3. The van der Waals surface area contributed by atoms with Gasteiger partial charge in [0.2, 0.25) is 0 Å². The van der Waals surface area contributed by atoms with Crippen molar-refractivity contribution >= 4 is 30.8 Å². The van der Waals surface area contributed by atoms with E-state index in [-0.39, 0.29) is 0 Å². The molecular formula is C18H21Cl2O3P. The van der Waals surface area contributed by atoms with Gasteiger partial charge in [-0.1, -0.05) is 36.5 Å². The van der Waals surface area contributed by atoms with Gasteiger partial charge in [-0.3, -0.25) is 0 Å². The molecule has 2 aromatic rings. The van der Waals surface area contributed by atoms with Gasteiger partial charge in [0.05, 0.1) is 6.16 Å². The van der Waals surface area contributed by atoms with Gasteiger partial charge in [-0.25, -0.2) is 4.57 Å². The van der Waals surface area contributed by atoms with Gasteiger partial charge < -0.3 is 9.05 Å². The highest BCUT2D eigenvalue weighted by molar-refractivity contribution is 7.54. The first kappa shape index (κ1) is 19.2. The molecular weight excluding hydrogens is 366 g/mol. The van der Waals surface area contributed by atoms with Crippen LogP contribution in [0.4, 0.5) is 0 Å². The zero-order valence-corrected chi connectivity index (χ0v) is 16.4. The van der Waals surface area contributed by atoms with Crippen LogP contribution in [-0.2, 0) is 4.57 Å². The molecule has 0 aromatic heterocycles. The summed E-state index contributed by atoms with van der Waals surface area (Å²) in [5.41, 5.74) is 1.72. The monoisotopic (exact) mass is 386 g/mol. The summed E-state index contributed by atoms with van der Waals surface area (Å²) in [4.78, 5) is 0. The number of hydrogen-bond acceptors (Lipinski definition) is 3. The number of benzene rings is 2. The first-order chi connectivity index (χ1) is 11.3. The van der Waals surface area contributed by atoms with Gasteiger partial charge in [-0.15, -0.1) is 0 Å². The zero-order valence-electron chi connectivity index (χ0n) is 14.0. The number of unbranched alkanes of at least 4 members (excludes halogenated alkanes) is 1. The van der Waals surface area contributed by atoms with E-state index in [1.165, 1.54) is 0 Å². The van der Waals surface area contributed by atoms with E-state index in [9.17, 15) is 4.57 Å². The zero-order chi connectivity index (χ0) is 17.7. The van der Waals surface area contributed by atoms with Crippen LogP contribution in [0.5, 0.6) is 11.5 Å². The summed E-state index contributed by atoms with van der Waals surface area (Å²) >= 11 is 12.1. The Balaban J connectivity index is 2.25. The fraction of sp³-hybridized carbons (Fsp3) is 0.333. The number of aryl methyl sites for hydroxylation is 2. The van der Waals surface area contributed by atoms with Crippen LogP contribution < -0.4 is 9.05 Å². The summed E-state index contributed by atoms with van der Waals surface area (Å²) in [5.74, 6) is 0.976. The molecule has 0 unspecified atom stereocenters. The van der Waals surface area contributed by atoms with Crippen molar-refractivity contribution in [2.75, 3.05) is 6.16 Å². The molecule has 0 spiro atoms. The molecule has 3 nitrogen and oxygen atoms in total. The van der Waals surface area contributed by atoms with E-state index in [0.29, 0.717) is 27.7 Å². The van der Waals surface area contributed by atoms with Gasteiger partial charge in [0, 0.05) is 10.0 Å². The van der Waals surface area contributed by atoms with E-state index in [4.69, 9.17) is 32.2 Å². The van der Waals surface area contributed by atoms with Crippen molar-refractivity contribution in [2.45, 2.75) is 33.6 Å². The Hall–Kier alpha value is -1.15. The van der Waals surface area contributed by atoms with Crippen LogP contribution in [0.15, 0.2) is 36.4 Å². The second kappa shape index (κ2) is 8.29. The van der Waals surface area contributed by atoms with E-state index in [2.05, 4.69) is 0 Å². The molecule has 0 saturated heterocycles. The van der Waals surface area contributed by atoms with Crippen LogP contribution >= 0.6 is 30.8 Å². The molecule has 0 aliphatic carbocycles. The summed E-state index contributed by atoms with van der Waals surface area (Å²) in [6.45, 7) is 5.77. The Kier molecular flexibility index (Phi) is 6.62. The SMILES string of the molecule is CCCCP(=O)(Oc1ccc(Cl)c(C)c1)Oc1ccc(Cl)c(C)c1. The minimum atomic E-state index is -3.34. The summed E-state index contributed by atoms with van der Waals surface area (Å²) < 4.78 is 24.7. The van der Waals surface area contributed by atoms with Crippen LogP contribution in [0.1, 0.15) is 30.9 Å². The molecule has 0 bridgehead atoms. The normalized spacial score (nSPS) is 11.4. The highest BCUT2D eigenvalue weighted by Gasteiger charge is 2.27. The summed E-state index contributed by atoms with van der Waals surface area (Å²) in [7, 11) is -3.34. The molecule has 24 heavy (non-hydrogen) atoms. The fourth-order valence-corrected chi connectivity index (χ4v) is 4.16. The molecule has 130 valence electrons. The summed E-state index contributed by atoms with van der Waals surface area (Å²) in [5, 5.41) is 1.28. The van der Waals surface area contributed by atoms with E-state index in [0.717, 1.165) is 24.0 Å². The predicted molar refractivity (Wildman–Crippen MR) is 101 cm³/mol. The highest BCUT2D eigenvalue weighted by Crippen LogP contribution is 2.49. The van der Waals surface area contributed by atoms with E-state index < -0.39 is 7.60 Å². The second-order valence-electron chi connectivity index (χ2n) is 5.69. The van der Waals surface area contributed by atoms with E-state index >= 15 is 0 Å². The second-order valence-corrected chi connectivity index (χ2v) is 8.54. The van der Waals surface area contributed by atoms with Crippen LogP contribution in [0.25, 0.3) is 0 Å². The van der Waals surface area contributed by atoms with Crippen molar-refractivity contribution in [3.05, 3.63) is 57.6 Å². The minimum absolute atomic E-state index is 0.340. The Morgan fingerprint density at radius 2 is 1.38 bits per heavy atom. The molecule has 0 aliphatic heterocycles. The smallest absolute Gasteiger partial charge is 0.416 e. The maximum Gasteiger partial charge on any atom is 0.430 e. The molecule has 0 heterocycles. The molecule has 0 aliphatic rings. The van der Waals surface area contributed by atoms with Crippen molar-refractivity contribution in [3.63, 3.8) is 0 Å². The van der Waals surface area contributed by atoms with Crippen molar-refractivity contribution in [1.29, 1.82) is 0 Å². The Morgan fingerprint density at radius 3 is 1.75 bits per heavy atom. The largest absolute Gasteiger partial charge is 0.430 e.